The smallest absolute Gasteiger partial charge is 0.124 e. The highest BCUT2D eigenvalue weighted by Crippen LogP contribution is 2.22. The lowest BCUT2D eigenvalue weighted by molar-refractivity contribution is -0.0126. The number of benzene rings is 1. The largest absolute Gasteiger partial charge is 0.494 e. The molecular formula is C15H25NO3. The first-order valence-corrected chi connectivity index (χ1v) is 6.62. The van der Waals surface area contributed by atoms with Crippen LogP contribution in [0.25, 0.3) is 0 Å². The Bertz CT molecular complexity index is 391. The molecule has 0 fully saturated rings. The molecule has 0 spiro atoms. The molecule has 0 saturated carbocycles. The quantitative estimate of drug-likeness (QED) is 0.581. The summed E-state index contributed by atoms with van der Waals surface area (Å²) < 4.78 is 16.6. The second-order valence-electron chi connectivity index (χ2n) is 5.07. The summed E-state index contributed by atoms with van der Waals surface area (Å²) in [5.41, 5.74) is 7.34. The van der Waals surface area contributed by atoms with Gasteiger partial charge >= 0.3 is 0 Å². The van der Waals surface area contributed by atoms with Crippen LogP contribution in [0, 0.1) is 0 Å². The van der Waals surface area contributed by atoms with Gasteiger partial charge in [0.1, 0.15) is 5.75 Å². The van der Waals surface area contributed by atoms with Crippen LogP contribution in [0.15, 0.2) is 18.2 Å². The van der Waals surface area contributed by atoms with Gasteiger partial charge in [0, 0.05) is 25.0 Å². The standard InChI is InChI=1S/C15H25NO3/c1-5-19-14-7-6-13(16)10-12(14)11-18-9-8-15(2,3)17-4/h6-7,10H,5,8-9,11,16H2,1-4H3. The molecule has 0 aromatic heterocycles. The van der Waals surface area contributed by atoms with Crippen molar-refractivity contribution >= 4 is 5.69 Å². The number of hydrogen-bond acceptors (Lipinski definition) is 4. The minimum atomic E-state index is -0.154. The highest BCUT2D eigenvalue weighted by atomic mass is 16.5. The highest BCUT2D eigenvalue weighted by molar-refractivity contribution is 5.47. The average molecular weight is 267 g/mol. The van der Waals surface area contributed by atoms with Crippen LogP contribution in [0.4, 0.5) is 5.69 Å². The summed E-state index contributed by atoms with van der Waals surface area (Å²) in [6, 6.07) is 5.62. The summed E-state index contributed by atoms with van der Waals surface area (Å²) in [5.74, 6) is 0.836. The molecule has 0 radical (unpaired) electrons. The number of methoxy groups -OCH3 is 1. The minimum Gasteiger partial charge on any atom is -0.494 e. The van der Waals surface area contributed by atoms with Crippen molar-refractivity contribution in [3.63, 3.8) is 0 Å². The summed E-state index contributed by atoms with van der Waals surface area (Å²) in [7, 11) is 1.71. The fourth-order valence-corrected chi connectivity index (χ4v) is 1.61. The van der Waals surface area contributed by atoms with Crippen molar-refractivity contribution < 1.29 is 14.2 Å². The lowest BCUT2D eigenvalue weighted by Crippen LogP contribution is -2.24. The molecule has 0 saturated heterocycles. The molecule has 0 heterocycles. The van der Waals surface area contributed by atoms with Gasteiger partial charge in [-0.1, -0.05) is 0 Å². The molecule has 1 aromatic rings. The van der Waals surface area contributed by atoms with Gasteiger partial charge in [0.05, 0.1) is 18.8 Å². The van der Waals surface area contributed by atoms with E-state index in [2.05, 4.69) is 0 Å². The van der Waals surface area contributed by atoms with E-state index in [0.29, 0.717) is 19.8 Å². The number of ether oxygens (including phenoxy) is 3. The Morgan fingerprint density at radius 2 is 2.00 bits per heavy atom. The van der Waals surface area contributed by atoms with Gasteiger partial charge in [-0.05, 0) is 45.4 Å². The first-order chi connectivity index (χ1) is 8.98. The number of rotatable bonds is 8. The SMILES string of the molecule is CCOc1ccc(N)cc1COCCC(C)(C)OC. The fraction of sp³-hybridized carbons (Fsp3) is 0.600. The van der Waals surface area contributed by atoms with E-state index < -0.39 is 0 Å². The van der Waals surface area contributed by atoms with Gasteiger partial charge in [0.25, 0.3) is 0 Å². The summed E-state index contributed by atoms with van der Waals surface area (Å²) in [6.45, 7) is 7.82. The highest BCUT2D eigenvalue weighted by Gasteiger charge is 2.15. The fourth-order valence-electron chi connectivity index (χ4n) is 1.61. The maximum atomic E-state index is 5.79. The number of anilines is 1. The van der Waals surface area contributed by atoms with Gasteiger partial charge < -0.3 is 19.9 Å². The lowest BCUT2D eigenvalue weighted by atomic mass is 10.1. The summed E-state index contributed by atoms with van der Waals surface area (Å²) in [4.78, 5) is 0. The molecule has 108 valence electrons. The van der Waals surface area contributed by atoms with E-state index in [1.807, 2.05) is 39.0 Å². The third-order valence-electron chi connectivity index (χ3n) is 3.04. The Hall–Kier alpha value is -1.26. The molecule has 0 aliphatic rings. The van der Waals surface area contributed by atoms with E-state index >= 15 is 0 Å². The molecule has 0 unspecified atom stereocenters. The molecule has 0 aliphatic carbocycles. The Balaban J connectivity index is 2.50. The predicted molar refractivity (Wildman–Crippen MR) is 77.4 cm³/mol. The molecule has 4 nitrogen and oxygen atoms in total. The Morgan fingerprint density at radius 3 is 2.63 bits per heavy atom. The Kier molecular flexibility index (Phi) is 6.12. The van der Waals surface area contributed by atoms with E-state index in [0.717, 1.165) is 23.4 Å². The van der Waals surface area contributed by atoms with Crippen LogP contribution >= 0.6 is 0 Å². The second-order valence-corrected chi connectivity index (χ2v) is 5.07. The average Bonchev–Trinajstić information content (AvgIpc) is 2.38. The van der Waals surface area contributed by atoms with Gasteiger partial charge in [-0.2, -0.15) is 0 Å². The van der Waals surface area contributed by atoms with Crippen molar-refractivity contribution in [2.45, 2.75) is 39.4 Å². The summed E-state index contributed by atoms with van der Waals surface area (Å²) >= 11 is 0. The summed E-state index contributed by atoms with van der Waals surface area (Å²) in [6.07, 6.45) is 0.843. The molecule has 0 atom stereocenters. The second kappa shape index (κ2) is 7.36. The minimum absolute atomic E-state index is 0.154. The van der Waals surface area contributed by atoms with Crippen molar-refractivity contribution in [3.8, 4) is 5.75 Å². The molecule has 4 heteroatoms. The number of nitrogen functional groups attached to an aromatic ring is 1. The zero-order valence-corrected chi connectivity index (χ0v) is 12.4. The zero-order chi connectivity index (χ0) is 14.3. The monoisotopic (exact) mass is 267 g/mol. The first kappa shape index (κ1) is 15.8. The normalized spacial score (nSPS) is 11.6. The summed E-state index contributed by atoms with van der Waals surface area (Å²) in [5, 5.41) is 0. The molecule has 1 aromatic carbocycles. The van der Waals surface area contributed by atoms with Gasteiger partial charge in [-0.3, -0.25) is 0 Å². The van der Waals surface area contributed by atoms with Gasteiger partial charge in [0.15, 0.2) is 0 Å². The van der Waals surface area contributed by atoms with E-state index in [-0.39, 0.29) is 5.60 Å². The van der Waals surface area contributed by atoms with Gasteiger partial charge in [-0.15, -0.1) is 0 Å². The van der Waals surface area contributed by atoms with Gasteiger partial charge in [-0.25, -0.2) is 0 Å². The van der Waals surface area contributed by atoms with Crippen LogP contribution in [0.3, 0.4) is 0 Å². The van der Waals surface area contributed by atoms with Crippen molar-refractivity contribution in [2.75, 3.05) is 26.1 Å². The Morgan fingerprint density at radius 1 is 1.26 bits per heavy atom. The van der Waals surface area contributed by atoms with Crippen LogP contribution in [0.2, 0.25) is 0 Å². The lowest BCUT2D eigenvalue weighted by Gasteiger charge is -2.22. The van der Waals surface area contributed by atoms with E-state index in [4.69, 9.17) is 19.9 Å². The molecule has 19 heavy (non-hydrogen) atoms. The van der Waals surface area contributed by atoms with Crippen molar-refractivity contribution in [2.24, 2.45) is 0 Å². The Labute approximate surface area is 115 Å². The third-order valence-corrected chi connectivity index (χ3v) is 3.04. The molecular weight excluding hydrogens is 242 g/mol. The molecule has 2 N–H and O–H groups in total. The number of hydrogen-bond donors (Lipinski definition) is 1. The van der Waals surface area contributed by atoms with Crippen LogP contribution in [0.5, 0.6) is 5.75 Å². The van der Waals surface area contributed by atoms with Crippen LogP contribution in [0.1, 0.15) is 32.8 Å². The molecule has 0 amide bonds. The maximum Gasteiger partial charge on any atom is 0.124 e. The van der Waals surface area contributed by atoms with Crippen LogP contribution in [-0.2, 0) is 16.1 Å². The van der Waals surface area contributed by atoms with E-state index in [9.17, 15) is 0 Å². The molecule has 0 bridgehead atoms. The van der Waals surface area contributed by atoms with Crippen molar-refractivity contribution in [3.05, 3.63) is 23.8 Å². The third kappa shape index (κ3) is 5.49. The van der Waals surface area contributed by atoms with Crippen LogP contribution < -0.4 is 10.5 Å². The van der Waals surface area contributed by atoms with E-state index in [1.54, 1.807) is 7.11 Å². The van der Waals surface area contributed by atoms with Crippen LogP contribution in [-0.4, -0.2) is 25.9 Å². The maximum absolute atomic E-state index is 5.79. The topological polar surface area (TPSA) is 53.7 Å². The zero-order valence-electron chi connectivity index (χ0n) is 12.4. The predicted octanol–water partition coefficient (Wildman–Crippen LogP) is 3.00. The van der Waals surface area contributed by atoms with Crippen molar-refractivity contribution in [1.29, 1.82) is 0 Å². The molecule has 1 rings (SSSR count). The number of nitrogens with two attached hydrogens (primary N) is 1. The van der Waals surface area contributed by atoms with E-state index in [1.165, 1.54) is 0 Å². The van der Waals surface area contributed by atoms with Gasteiger partial charge in [0.2, 0.25) is 0 Å². The van der Waals surface area contributed by atoms with Crippen molar-refractivity contribution in [1.82, 2.24) is 0 Å². The molecule has 0 aliphatic heterocycles. The first-order valence-electron chi connectivity index (χ1n) is 6.62.